The second-order valence-corrected chi connectivity index (χ2v) is 5.91. The van der Waals surface area contributed by atoms with Gasteiger partial charge in [-0.25, -0.2) is 0 Å². The molecule has 108 valence electrons. The molecular weight excluding hydrogens is 276 g/mol. The molecule has 1 amide bonds. The van der Waals surface area contributed by atoms with Crippen LogP contribution in [0.1, 0.15) is 28.9 Å². The van der Waals surface area contributed by atoms with Crippen molar-refractivity contribution in [1.29, 1.82) is 0 Å². The highest BCUT2D eigenvalue weighted by molar-refractivity contribution is 7.99. The number of thioether (sulfide) groups is 1. The summed E-state index contributed by atoms with van der Waals surface area (Å²) < 4.78 is 0. The number of nitrogens with zero attached hydrogens (tertiary/aromatic N) is 2. The molecule has 1 aliphatic rings. The van der Waals surface area contributed by atoms with Crippen LogP contribution < -0.4 is 11.1 Å². The average molecular weight is 294 g/mol. The van der Waals surface area contributed by atoms with Gasteiger partial charge in [0.1, 0.15) is 5.69 Å². The maximum Gasteiger partial charge on any atom is 0.269 e. The number of hydrogen-bond donors (Lipinski definition) is 3. The number of oxime groups is 1. The average Bonchev–Trinajstić information content (AvgIpc) is 2.53. The molecule has 0 radical (unpaired) electrons. The summed E-state index contributed by atoms with van der Waals surface area (Å²) in [4.78, 5) is 16.0. The van der Waals surface area contributed by atoms with Crippen molar-refractivity contribution in [2.24, 2.45) is 16.8 Å². The number of nitrogens with one attached hydrogen (secondary N) is 1. The minimum Gasteiger partial charge on any atom is -0.409 e. The van der Waals surface area contributed by atoms with E-state index in [1.807, 2.05) is 11.8 Å². The molecule has 0 saturated carbocycles. The lowest BCUT2D eigenvalue weighted by molar-refractivity contribution is 0.0941. The van der Waals surface area contributed by atoms with Gasteiger partial charge in [0.2, 0.25) is 0 Å². The van der Waals surface area contributed by atoms with Crippen LogP contribution in [0.3, 0.4) is 0 Å². The standard InChI is InChI=1S/C13H18N4O2S/c14-12(17-19)10-1-2-11(15-8-10)13(18)16-7-9-3-5-20-6-4-9/h1-2,8-9,19H,3-7H2,(H2,14,17)(H,16,18). The SMILES string of the molecule is N/C(=N/O)c1ccc(C(=O)NCC2CCSCC2)nc1. The molecule has 1 aromatic heterocycles. The Balaban J connectivity index is 1.88. The fourth-order valence-electron chi connectivity index (χ4n) is 2.02. The molecule has 0 bridgehead atoms. The molecule has 0 aliphatic carbocycles. The van der Waals surface area contributed by atoms with Crippen LogP contribution in [-0.2, 0) is 0 Å². The van der Waals surface area contributed by atoms with Gasteiger partial charge >= 0.3 is 0 Å². The van der Waals surface area contributed by atoms with E-state index < -0.39 is 0 Å². The predicted octanol–water partition coefficient (Wildman–Crippen LogP) is 1.05. The Bertz CT molecular complexity index is 484. The zero-order valence-electron chi connectivity index (χ0n) is 11.1. The third-order valence-corrected chi connectivity index (χ3v) is 4.34. The van der Waals surface area contributed by atoms with Crippen LogP contribution in [0.4, 0.5) is 0 Å². The smallest absolute Gasteiger partial charge is 0.269 e. The molecule has 0 spiro atoms. The van der Waals surface area contributed by atoms with Crippen molar-refractivity contribution in [1.82, 2.24) is 10.3 Å². The maximum absolute atomic E-state index is 11.9. The van der Waals surface area contributed by atoms with Gasteiger partial charge in [0, 0.05) is 18.3 Å². The van der Waals surface area contributed by atoms with Crippen LogP contribution in [0.25, 0.3) is 0 Å². The number of carbonyl (C=O) groups excluding carboxylic acids is 1. The molecule has 1 saturated heterocycles. The third-order valence-electron chi connectivity index (χ3n) is 3.29. The van der Waals surface area contributed by atoms with E-state index in [0.29, 0.717) is 23.7 Å². The van der Waals surface area contributed by atoms with Crippen molar-refractivity contribution < 1.29 is 10.0 Å². The number of aromatic nitrogens is 1. The summed E-state index contributed by atoms with van der Waals surface area (Å²) in [5, 5.41) is 14.3. The van der Waals surface area contributed by atoms with Crippen LogP contribution in [0.5, 0.6) is 0 Å². The molecule has 1 aromatic rings. The third kappa shape index (κ3) is 3.86. The van der Waals surface area contributed by atoms with Gasteiger partial charge in [-0.15, -0.1) is 0 Å². The van der Waals surface area contributed by atoms with Crippen LogP contribution >= 0.6 is 11.8 Å². The molecule has 4 N–H and O–H groups in total. The first-order chi connectivity index (χ1) is 9.70. The highest BCUT2D eigenvalue weighted by Gasteiger charge is 2.15. The van der Waals surface area contributed by atoms with Crippen molar-refractivity contribution >= 4 is 23.5 Å². The quantitative estimate of drug-likeness (QED) is 0.333. The summed E-state index contributed by atoms with van der Waals surface area (Å²) in [6.45, 7) is 0.697. The number of amidine groups is 1. The first-order valence-electron chi connectivity index (χ1n) is 6.50. The first-order valence-corrected chi connectivity index (χ1v) is 7.66. The van der Waals surface area contributed by atoms with Crippen LogP contribution in [0.15, 0.2) is 23.5 Å². The molecule has 2 heterocycles. The molecule has 2 rings (SSSR count). The number of amides is 1. The van der Waals surface area contributed by atoms with Crippen molar-refractivity contribution in [2.75, 3.05) is 18.1 Å². The van der Waals surface area contributed by atoms with Crippen LogP contribution in [0, 0.1) is 5.92 Å². The molecular formula is C13H18N4O2S. The molecule has 1 fully saturated rings. The van der Waals surface area contributed by atoms with E-state index in [9.17, 15) is 4.79 Å². The molecule has 1 aliphatic heterocycles. The lowest BCUT2D eigenvalue weighted by Crippen LogP contribution is -2.31. The lowest BCUT2D eigenvalue weighted by atomic mass is 10.0. The van der Waals surface area contributed by atoms with E-state index in [1.54, 1.807) is 12.1 Å². The summed E-state index contributed by atoms with van der Waals surface area (Å²) in [6, 6.07) is 3.17. The second-order valence-electron chi connectivity index (χ2n) is 4.68. The van der Waals surface area contributed by atoms with Crippen molar-refractivity contribution in [3.8, 4) is 0 Å². The van der Waals surface area contributed by atoms with Gasteiger partial charge in [0.15, 0.2) is 5.84 Å². The Morgan fingerprint density at radius 1 is 1.50 bits per heavy atom. The Hall–Kier alpha value is -1.76. The van der Waals surface area contributed by atoms with Gasteiger partial charge in [-0.05, 0) is 42.4 Å². The Morgan fingerprint density at radius 2 is 2.25 bits per heavy atom. The van der Waals surface area contributed by atoms with Gasteiger partial charge < -0.3 is 16.3 Å². The Labute approximate surface area is 121 Å². The number of hydrogen-bond acceptors (Lipinski definition) is 5. The van der Waals surface area contributed by atoms with E-state index in [4.69, 9.17) is 10.9 Å². The summed E-state index contributed by atoms with van der Waals surface area (Å²) in [5.74, 6) is 2.70. The monoisotopic (exact) mass is 294 g/mol. The molecule has 6 nitrogen and oxygen atoms in total. The van der Waals surface area contributed by atoms with Gasteiger partial charge in [-0.2, -0.15) is 11.8 Å². The Kier molecular flexibility index (Phi) is 5.23. The predicted molar refractivity (Wildman–Crippen MR) is 79.1 cm³/mol. The van der Waals surface area contributed by atoms with Gasteiger partial charge in [-0.1, -0.05) is 5.16 Å². The minimum absolute atomic E-state index is 0.0239. The second kappa shape index (κ2) is 7.14. The maximum atomic E-state index is 11.9. The molecule has 0 atom stereocenters. The molecule has 0 aromatic carbocycles. The fourth-order valence-corrected chi connectivity index (χ4v) is 3.22. The summed E-state index contributed by atoms with van der Waals surface area (Å²) in [7, 11) is 0. The zero-order chi connectivity index (χ0) is 14.4. The van der Waals surface area contributed by atoms with Crippen molar-refractivity contribution in [3.05, 3.63) is 29.6 Å². The first kappa shape index (κ1) is 14.6. The molecule has 0 unspecified atom stereocenters. The minimum atomic E-state index is -0.186. The zero-order valence-corrected chi connectivity index (χ0v) is 11.9. The van der Waals surface area contributed by atoms with E-state index in [1.165, 1.54) is 17.7 Å². The summed E-state index contributed by atoms with van der Waals surface area (Å²) >= 11 is 1.97. The topological polar surface area (TPSA) is 101 Å². The summed E-state index contributed by atoms with van der Waals surface area (Å²) in [6.07, 6.45) is 3.73. The van der Waals surface area contributed by atoms with Crippen LogP contribution in [0.2, 0.25) is 0 Å². The van der Waals surface area contributed by atoms with Gasteiger partial charge in [0.05, 0.1) is 0 Å². The fraction of sp³-hybridized carbons (Fsp3) is 0.462. The van der Waals surface area contributed by atoms with Crippen molar-refractivity contribution in [2.45, 2.75) is 12.8 Å². The lowest BCUT2D eigenvalue weighted by Gasteiger charge is -2.21. The van der Waals surface area contributed by atoms with E-state index in [0.717, 1.165) is 12.8 Å². The van der Waals surface area contributed by atoms with E-state index in [-0.39, 0.29) is 11.7 Å². The van der Waals surface area contributed by atoms with Gasteiger partial charge in [0.25, 0.3) is 5.91 Å². The van der Waals surface area contributed by atoms with Crippen LogP contribution in [-0.4, -0.2) is 40.0 Å². The molecule has 20 heavy (non-hydrogen) atoms. The highest BCUT2D eigenvalue weighted by Crippen LogP contribution is 2.21. The number of pyridine rings is 1. The Morgan fingerprint density at radius 3 is 2.85 bits per heavy atom. The van der Waals surface area contributed by atoms with Crippen molar-refractivity contribution in [3.63, 3.8) is 0 Å². The van der Waals surface area contributed by atoms with E-state index in [2.05, 4.69) is 15.5 Å². The molecule has 7 heteroatoms. The number of rotatable bonds is 4. The highest BCUT2D eigenvalue weighted by atomic mass is 32.2. The largest absolute Gasteiger partial charge is 0.409 e. The van der Waals surface area contributed by atoms with Gasteiger partial charge in [-0.3, -0.25) is 9.78 Å². The van der Waals surface area contributed by atoms with E-state index >= 15 is 0 Å². The normalized spacial score (nSPS) is 16.9. The number of nitrogens with two attached hydrogens (primary N) is 1. The number of carbonyl (C=O) groups is 1. The summed E-state index contributed by atoms with van der Waals surface area (Å²) in [5.41, 5.74) is 6.25.